The van der Waals surface area contributed by atoms with Crippen molar-refractivity contribution in [2.75, 3.05) is 25.0 Å². The van der Waals surface area contributed by atoms with E-state index in [-0.39, 0.29) is 5.91 Å². The molecule has 6 nitrogen and oxygen atoms in total. The van der Waals surface area contributed by atoms with E-state index in [0.717, 1.165) is 30.9 Å². The molecule has 1 fully saturated rings. The molecule has 0 bridgehead atoms. The van der Waals surface area contributed by atoms with Crippen molar-refractivity contribution >= 4 is 17.4 Å². The van der Waals surface area contributed by atoms with Gasteiger partial charge in [-0.2, -0.15) is 5.10 Å². The number of hydrogen-bond acceptors (Lipinski definition) is 5. The zero-order valence-electron chi connectivity index (χ0n) is 13.2. The quantitative estimate of drug-likeness (QED) is 0.901. The van der Waals surface area contributed by atoms with Crippen molar-refractivity contribution in [3.8, 4) is 0 Å². The number of carbonyl (C=O) groups is 1. The normalized spacial score (nSPS) is 17.3. The van der Waals surface area contributed by atoms with E-state index in [0.29, 0.717) is 23.8 Å². The highest BCUT2D eigenvalue weighted by Gasteiger charge is 2.26. The lowest BCUT2D eigenvalue weighted by Crippen LogP contribution is -2.29. The van der Waals surface area contributed by atoms with Gasteiger partial charge in [-0.15, -0.1) is 5.10 Å². The van der Waals surface area contributed by atoms with Crippen molar-refractivity contribution in [3.63, 3.8) is 0 Å². The molecule has 23 heavy (non-hydrogen) atoms. The van der Waals surface area contributed by atoms with Gasteiger partial charge in [0.05, 0.1) is 5.69 Å². The predicted molar refractivity (Wildman–Crippen MR) is 89.6 cm³/mol. The smallest absolute Gasteiger partial charge is 0.253 e. The molecule has 1 unspecified atom stereocenters. The monoisotopic (exact) mass is 311 g/mol. The first-order valence-corrected chi connectivity index (χ1v) is 7.82. The predicted octanol–water partition coefficient (Wildman–Crippen LogP) is 1.95. The molecular weight excluding hydrogens is 290 g/mol. The van der Waals surface area contributed by atoms with Gasteiger partial charge in [0.25, 0.3) is 5.91 Å². The Morgan fingerprint density at radius 1 is 1.35 bits per heavy atom. The van der Waals surface area contributed by atoms with Gasteiger partial charge in [0, 0.05) is 24.3 Å². The fraction of sp³-hybridized carbons (Fsp3) is 0.353. The van der Waals surface area contributed by atoms with Crippen LogP contribution >= 0.6 is 0 Å². The second kappa shape index (κ2) is 6.75. The van der Waals surface area contributed by atoms with E-state index < -0.39 is 0 Å². The lowest BCUT2D eigenvalue weighted by Gasteiger charge is -2.17. The Balaban J connectivity index is 1.72. The highest BCUT2D eigenvalue weighted by Crippen LogP contribution is 2.20. The molecule has 0 spiro atoms. The minimum Gasteiger partial charge on any atom is -0.339 e. The number of carbonyl (C=O) groups excluding carboxylic acids is 1. The number of aryl methyl sites for hydroxylation is 1. The zero-order valence-corrected chi connectivity index (χ0v) is 13.2. The van der Waals surface area contributed by atoms with Gasteiger partial charge < -0.3 is 16.0 Å². The molecule has 2 heterocycles. The Bertz CT molecular complexity index is 686. The second-order valence-corrected chi connectivity index (χ2v) is 5.91. The number of amides is 1. The van der Waals surface area contributed by atoms with Gasteiger partial charge in [-0.1, -0.05) is 6.07 Å². The first-order chi connectivity index (χ1) is 11.2. The van der Waals surface area contributed by atoms with E-state index >= 15 is 0 Å². The highest BCUT2D eigenvalue weighted by atomic mass is 16.2. The number of anilines is 2. The van der Waals surface area contributed by atoms with Crippen molar-refractivity contribution < 1.29 is 4.79 Å². The molecule has 3 N–H and O–H groups in total. The summed E-state index contributed by atoms with van der Waals surface area (Å²) in [6.07, 6.45) is 0.985. The number of benzene rings is 1. The van der Waals surface area contributed by atoms with Gasteiger partial charge in [-0.25, -0.2) is 0 Å². The molecule has 120 valence electrons. The van der Waals surface area contributed by atoms with Crippen molar-refractivity contribution in [1.82, 2.24) is 15.1 Å². The van der Waals surface area contributed by atoms with E-state index in [2.05, 4.69) is 15.5 Å². The molecule has 1 aliphatic rings. The summed E-state index contributed by atoms with van der Waals surface area (Å²) in [6.45, 7) is 4.05. The number of likely N-dealkylation sites (tertiary alicyclic amines) is 1. The molecule has 1 aromatic heterocycles. The Labute approximate surface area is 135 Å². The summed E-state index contributed by atoms with van der Waals surface area (Å²) in [4.78, 5) is 14.5. The standard InChI is InChI=1S/C17H21N5O/c1-12-5-6-16(21-20-12)19-15-4-2-3-14(9-15)17(23)22-8-7-13(10-18)11-22/h2-6,9,13H,7-8,10-11,18H2,1H3,(H,19,21). The summed E-state index contributed by atoms with van der Waals surface area (Å²) < 4.78 is 0. The SMILES string of the molecule is Cc1ccc(Nc2cccc(C(=O)N3CCC(CN)C3)c2)nn1. The first kappa shape index (κ1) is 15.4. The van der Waals surface area contributed by atoms with Crippen LogP contribution in [-0.4, -0.2) is 40.6 Å². The largest absolute Gasteiger partial charge is 0.339 e. The molecular formula is C17H21N5O. The summed E-state index contributed by atoms with van der Waals surface area (Å²) in [6, 6.07) is 11.2. The summed E-state index contributed by atoms with van der Waals surface area (Å²) >= 11 is 0. The fourth-order valence-electron chi connectivity index (χ4n) is 2.74. The lowest BCUT2D eigenvalue weighted by molar-refractivity contribution is 0.0787. The van der Waals surface area contributed by atoms with E-state index in [1.54, 1.807) is 0 Å². The second-order valence-electron chi connectivity index (χ2n) is 5.91. The molecule has 0 saturated carbocycles. The average molecular weight is 311 g/mol. The number of hydrogen-bond donors (Lipinski definition) is 2. The number of nitrogens with two attached hydrogens (primary N) is 1. The Morgan fingerprint density at radius 2 is 2.22 bits per heavy atom. The molecule has 1 saturated heterocycles. The molecule has 1 aliphatic heterocycles. The maximum atomic E-state index is 12.6. The summed E-state index contributed by atoms with van der Waals surface area (Å²) in [5.74, 6) is 1.13. The maximum Gasteiger partial charge on any atom is 0.253 e. The number of nitrogens with zero attached hydrogens (tertiary/aromatic N) is 3. The third kappa shape index (κ3) is 3.65. The van der Waals surface area contributed by atoms with Crippen LogP contribution < -0.4 is 11.1 Å². The molecule has 1 amide bonds. The van der Waals surface area contributed by atoms with E-state index in [1.165, 1.54) is 0 Å². The summed E-state index contributed by atoms with van der Waals surface area (Å²) in [7, 11) is 0. The number of aromatic nitrogens is 2. The van der Waals surface area contributed by atoms with Crippen molar-refractivity contribution in [3.05, 3.63) is 47.7 Å². The third-order valence-electron chi connectivity index (χ3n) is 4.09. The van der Waals surface area contributed by atoms with Crippen LogP contribution in [0, 0.1) is 12.8 Å². The topological polar surface area (TPSA) is 84.1 Å². The first-order valence-electron chi connectivity index (χ1n) is 7.82. The Kier molecular flexibility index (Phi) is 4.52. The van der Waals surface area contributed by atoms with Crippen LogP contribution in [0.2, 0.25) is 0 Å². The Morgan fingerprint density at radius 3 is 2.91 bits per heavy atom. The minimum absolute atomic E-state index is 0.0552. The average Bonchev–Trinajstić information content (AvgIpc) is 3.06. The molecule has 6 heteroatoms. The molecule has 1 aromatic carbocycles. The minimum atomic E-state index is 0.0552. The van der Waals surface area contributed by atoms with Gasteiger partial charge in [-0.3, -0.25) is 4.79 Å². The van der Waals surface area contributed by atoms with Crippen LogP contribution in [0.15, 0.2) is 36.4 Å². The van der Waals surface area contributed by atoms with Gasteiger partial charge in [-0.05, 0) is 56.1 Å². The number of nitrogens with one attached hydrogen (secondary N) is 1. The van der Waals surface area contributed by atoms with Crippen molar-refractivity contribution in [2.24, 2.45) is 11.7 Å². The van der Waals surface area contributed by atoms with Crippen LogP contribution in [-0.2, 0) is 0 Å². The molecule has 1 atom stereocenters. The zero-order chi connectivity index (χ0) is 16.2. The van der Waals surface area contributed by atoms with Crippen molar-refractivity contribution in [1.29, 1.82) is 0 Å². The van der Waals surface area contributed by atoms with Crippen LogP contribution in [0.25, 0.3) is 0 Å². The van der Waals surface area contributed by atoms with Gasteiger partial charge in [0.15, 0.2) is 5.82 Å². The summed E-state index contributed by atoms with van der Waals surface area (Å²) in [5, 5.41) is 11.3. The van der Waals surface area contributed by atoms with E-state index in [1.807, 2.05) is 48.2 Å². The Hall–Kier alpha value is -2.47. The molecule has 2 aromatic rings. The third-order valence-corrected chi connectivity index (χ3v) is 4.09. The van der Waals surface area contributed by atoms with E-state index in [4.69, 9.17) is 5.73 Å². The molecule has 0 aliphatic carbocycles. The van der Waals surface area contributed by atoms with Crippen LogP contribution in [0.3, 0.4) is 0 Å². The lowest BCUT2D eigenvalue weighted by atomic mass is 10.1. The summed E-state index contributed by atoms with van der Waals surface area (Å²) in [5.41, 5.74) is 8.06. The number of rotatable bonds is 4. The molecule has 3 rings (SSSR count). The van der Waals surface area contributed by atoms with Crippen LogP contribution in [0.5, 0.6) is 0 Å². The van der Waals surface area contributed by atoms with Crippen LogP contribution in [0.4, 0.5) is 11.5 Å². The highest BCUT2D eigenvalue weighted by molar-refractivity contribution is 5.95. The fourth-order valence-corrected chi connectivity index (χ4v) is 2.74. The van der Waals surface area contributed by atoms with Gasteiger partial charge >= 0.3 is 0 Å². The van der Waals surface area contributed by atoms with Gasteiger partial charge in [0.1, 0.15) is 0 Å². The van der Waals surface area contributed by atoms with Gasteiger partial charge in [0.2, 0.25) is 0 Å². The van der Waals surface area contributed by atoms with E-state index in [9.17, 15) is 4.79 Å². The molecule has 0 radical (unpaired) electrons. The van der Waals surface area contributed by atoms with Crippen molar-refractivity contribution in [2.45, 2.75) is 13.3 Å². The van der Waals surface area contributed by atoms with Crippen LogP contribution in [0.1, 0.15) is 22.5 Å². The maximum absolute atomic E-state index is 12.6.